The van der Waals surface area contributed by atoms with E-state index in [1.807, 2.05) is 30.3 Å². The summed E-state index contributed by atoms with van der Waals surface area (Å²) in [6, 6.07) is 15.2. The van der Waals surface area contributed by atoms with Gasteiger partial charge in [-0.05, 0) is 36.4 Å². The molecule has 1 aromatic carbocycles. The molecule has 0 amide bonds. The minimum Gasteiger partial charge on any atom is -0.497 e. The number of pyridine rings is 1. The summed E-state index contributed by atoms with van der Waals surface area (Å²) in [5, 5.41) is 18.3. The standard InChI is InChI=1S/C15H11N3OS/c1-19-13-5-2-11(3-6-13)14-7-4-12(10-17)15(18-14)20-9-8-16/h2-7H,9H2,1H3. The summed E-state index contributed by atoms with van der Waals surface area (Å²) in [6.45, 7) is 0. The van der Waals surface area contributed by atoms with Crippen molar-refractivity contribution in [1.29, 1.82) is 10.5 Å². The van der Waals surface area contributed by atoms with Crippen molar-refractivity contribution in [1.82, 2.24) is 4.98 Å². The van der Waals surface area contributed by atoms with Crippen LogP contribution in [0.5, 0.6) is 5.75 Å². The van der Waals surface area contributed by atoms with Crippen LogP contribution >= 0.6 is 11.8 Å². The van der Waals surface area contributed by atoms with Gasteiger partial charge in [0.15, 0.2) is 0 Å². The zero-order chi connectivity index (χ0) is 14.4. The van der Waals surface area contributed by atoms with Crippen LogP contribution in [-0.4, -0.2) is 17.8 Å². The number of rotatable bonds is 4. The van der Waals surface area contributed by atoms with E-state index in [4.69, 9.17) is 15.3 Å². The monoisotopic (exact) mass is 281 g/mol. The first-order valence-corrected chi connectivity index (χ1v) is 6.82. The summed E-state index contributed by atoms with van der Waals surface area (Å²) in [5.41, 5.74) is 2.20. The van der Waals surface area contributed by atoms with Gasteiger partial charge in [-0.1, -0.05) is 11.8 Å². The molecule has 1 aromatic heterocycles. The summed E-state index contributed by atoms with van der Waals surface area (Å²) in [4.78, 5) is 4.46. The Morgan fingerprint density at radius 1 is 1.15 bits per heavy atom. The normalized spacial score (nSPS) is 9.55. The highest BCUT2D eigenvalue weighted by atomic mass is 32.2. The van der Waals surface area contributed by atoms with Crippen molar-refractivity contribution in [3.8, 4) is 29.1 Å². The van der Waals surface area contributed by atoms with Crippen LogP contribution in [0.1, 0.15) is 5.56 Å². The lowest BCUT2D eigenvalue weighted by molar-refractivity contribution is 0.415. The van der Waals surface area contributed by atoms with E-state index in [-0.39, 0.29) is 5.75 Å². The Morgan fingerprint density at radius 2 is 1.90 bits per heavy atom. The van der Waals surface area contributed by atoms with Crippen molar-refractivity contribution >= 4 is 11.8 Å². The van der Waals surface area contributed by atoms with Gasteiger partial charge in [-0.15, -0.1) is 0 Å². The Morgan fingerprint density at radius 3 is 2.50 bits per heavy atom. The van der Waals surface area contributed by atoms with Gasteiger partial charge in [0.05, 0.1) is 30.2 Å². The van der Waals surface area contributed by atoms with Crippen LogP contribution in [0.2, 0.25) is 0 Å². The number of ether oxygens (including phenoxy) is 1. The molecule has 0 atom stereocenters. The third-order valence-corrected chi connectivity index (χ3v) is 3.50. The topological polar surface area (TPSA) is 69.7 Å². The summed E-state index contributed by atoms with van der Waals surface area (Å²) >= 11 is 1.27. The van der Waals surface area contributed by atoms with Crippen molar-refractivity contribution in [2.45, 2.75) is 5.03 Å². The van der Waals surface area contributed by atoms with Crippen molar-refractivity contribution in [3.63, 3.8) is 0 Å². The molecule has 0 saturated carbocycles. The van der Waals surface area contributed by atoms with E-state index in [0.717, 1.165) is 17.0 Å². The smallest absolute Gasteiger partial charge is 0.118 e. The molecule has 0 fully saturated rings. The summed E-state index contributed by atoms with van der Waals surface area (Å²) in [7, 11) is 1.62. The van der Waals surface area contributed by atoms with Gasteiger partial charge >= 0.3 is 0 Å². The van der Waals surface area contributed by atoms with Gasteiger partial charge in [-0.2, -0.15) is 10.5 Å². The first-order chi connectivity index (χ1) is 9.78. The molecular formula is C15H11N3OS. The van der Waals surface area contributed by atoms with Crippen LogP contribution in [0.15, 0.2) is 41.4 Å². The Kier molecular flexibility index (Phi) is 4.60. The van der Waals surface area contributed by atoms with E-state index in [1.54, 1.807) is 19.2 Å². The van der Waals surface area contributed by atoms with Gasteiger partial charge < -0.3 is 4.74 Å². The lowest BCUT2D eigenvalue weighted by Gasteiger charge is -2.06. The summed E-state index contributed by atoms with van der Waals surface area (Å²) in [5.74, 6) is 1.05. The molecule has 0 N–H and O–H groups in total. The van der Waals surface area contributed by atoms with E-state index in [1.165, 1.54) is 11.8 Å². The molecule has 2 rings (SSSR count). The minimum absolute atomic E-state index is 0.272. The molecule has 0 unspecified atom stereocenters. The second kappa shape index (κ2) is 6.60. The zero-order valence-corrected chi connectivity index (χ0v) is 11.6. The van der Waals surface area contributed by atoms with E-state index < -0.39 is 0 Å². The third-order valence-electron chi connectivity index (χ3n) is 2.64. The van der Waals surface area contributed by atoms with E-state index in [2.05, 4.69) is 11.1 Å². The van der Waals surface area contributed by atoms with Gasteiger partial charge in [0.1, 0.15) is 16.8 Å². The van der Waals surface area contributed by atoms with Gasteiger partial charge in [0.2, 0.25) is 0 Å². The average molecular weight is 281 g/mol. The second-order valence-electron chi connectivity index (χ2n) is 3.84. The van der Waals surface area contributed by atoms with Gasteiger partial charge in [0.25, 0.3) is 0 Å². The molecular weight excluding hydrogens is 270 g/mol. The quantitative estimate of drug-likeness (QED) is 0.804. The first kappa shape index (κ1) is 13.9. The van der Waals surface area contributed by atoms with Gasteiger partial charge in [-0.3, -0.25) is 0 Å². The molecule has 0 radical (unpaired) electrons. The Labute approximate surface area is 121 Å². The van der Waals surface area contributed by atoms with Crippen molar-refractivity contribution in [2.75, 3.05) is 12.9 Å². The van der Waals surface area contributed by atoms with Crippen molar-refractivity contribution in [2.24, 2.45) is 0 Å². The van der Waals surface area contributed by atoms with Crippen LogP contribution in [0.25, 0.3) is 11.3 Å². The number of nitriles is 2. The SMILES string of the molecule is COc1ccc(-c2ccc(C#N)c(SCC#N)n2)cc1. The van der Waals surface area contributed by atoms with E-state index in [0.29, 0.717) is 10.6 Å². The minimum atomic E-state index is 0.272. The number of nitrogens with zero attached hydrogens (tertiary/aromatic N) is 3. The van der Waals surface area contributed by atoms with E-state index >= 15 is 0 Å². The summed E-state index contributed by atoms with van der Waals surface area (Å²) < 4.78 is 5.11. The maximum atomic E-state index is 9.04. The molecule has 0 aliphatic rings. The van der Waals surface area contributed by atoms with Crippen molar-refractivity contribution < 1.29 is 4.74 Å². The van der Waals surface area contributed by atoms with Crippen LogP contribution in [-0.2, 0) is 0 Å². The fraction of sp³-hybridized carbons (Fsp3) is 0.133. The van der Waals surface area contributed by atoms with Crippen LogP contribution in [0.4, 0.5) is 0 Å². The molecule has 0 spiro atoms. The predicted octanol–water partition coefficient (Wildman–Crippen LogP) is 3.24. The Hall–Kier alpha value is -2.50. The highest BCUT2D eigenvalue weighted by Crippen LogP contribution is 2.26. The summed E-state index contributed by atoms with van der Waals surface area (Å²) in [6.07, 6.45) is 0. The van der Waals surface area contributed by atoms with Gasteiger partial charge in [-0.25, -0.2) is 4.98 Å². The molecule has 5 heteroatoms. The Bertz CT molecular complexity index is 684. The number of hydrogen-bond acceptors (Lipinski definition) is 5. The molecule has 0 aliphatic heterocycles. The second-order valence-corrected chi connectivity index (χ2v) is 4.80. The number of benzene rings is 1. The number of aromatic nitrogens is 1. The molecule has 98 valence electrons. The van der Waals surface area contributed by atoms with Crippen LogP contribution in [0.3, 0.4) is 0 Å². The molecule has 4 nitrogen and oxygen atoms in total. The number of thioether (sulfide) groups is 1. The van der Waals surface area contributed by atoms with E-state index in [9.17, 15) is 0 Å². The fourth-order valence-electron chi connectivity index (χ4n) is 1.66. The molecule has 1 heterocycles. The molecule has 0 saturated heterocycles. The number of hydrogen-bond donors (Lipinski definition) is 0. The highest BCUT2D eigenvalue weighted by Gasteiger charge is 2.08. The fourth-order valence-corrected chi connectivity index (χ4v) is 2.29. The van der Waals surface area contributed by atoms with Crippen LogP contribution < -0.4 is 4.74 Å². The highest BCUT2D eigenvalue weighted by molar-refractivity contribution is 7.99. The molecule has 20 heavy (non-hydrogen) atoms. The van der Waals surface area contributed by atoms with Crippen molar-refractivity contribution in [3.05, 3.63) is 42.0 Å². The lowest BCUT2D eigenvalue weighted by atomic mass is 10.1. The third kappa shape index (κ3) is 3.09. The molecule has 0 aliphatic carbocycles. The average Bonchev–Trinajstić information content (AvgIpc) is 2.52. The lowest BCUT2D eigenvalue weighted by Crippen LogP contribution is -1.91. The zero-order valence-electron chi connectivity index (χ0n) is 10.8. The van der Waals surface area contributed by atoms with Crippen LogP contribution in [0, 0.1) is 22.7 Å². The largest absolute Gasteiger partial charge is 0.497 e. The van der Waals surface area contributed by atoms with Gasteiger partial charge in [0, 0.05) is 5.56 Å². The number of methoxy groups -OCH3 is 1. The first-order valence-electron chi connectivity index (χ1n) is 5.84. The maximum absolute atomic E-state index is 9.04. The predicted molar refractivity (Wildman–Crippen MR) is 77.3 cm³/mol. The molecule has 2 aromatic rings. The Balaban J connectivity index is 2.37. The maximum Gasteiger partial charge on any atom is 0.118 e. The molecule has 0 bridgehead atoms.